The van der Waals surface area contributed by atoms with E-state index in [1.54, 1.807) is 18.2 Å². The molecule has 4 rings (SSSR count). The van der Waals surface area contributed by atoms with Crippen molar-refractivity contribution < 1.29 is 14.3 Å². The summed E-state index contributed by atoms with van der Waals surface area (Å²) in [4.78, 5) is 23.9. The van der Waals surface area contributed by atoms with Crippen molar-refractivity contribution in [1.29, 1.82) is 0 Å². The molecule has 1 aromatic rings. The first-order valence-corrected chi connectivity index (χ1v) is 7.68. The molecule has 0 radical (unpaired) electrons. The molecule has 1 amide bonds. The molecule has 3 saturated carbocycles. The van der Waals surface area contributed by atoms with Crippen molar-refractivity contribution in [2.75, 3.05) is 12.4 Å². The highest BCUT2D eigenvalue weighted by atomic mass is 16.5. The zero-order valence-electron chi connectivity index (χ0n) is 12.0. The molecule has 3 aliphatic carbocycles. The van der Waals surface area contributed by atoms with E-state index in [9.17, 15) is 9.59 Å². The zero-order valence-corrected chi connectivity index (χ0v) is 12.0. The monoisotopic (exact) mass is 285 g/mol. The van der Waals surface area contributed by atoms with Crippen LogP contribution in [0.1, 0.15) is 29.6 Å². The Bertz CT molecular complexity index is 596. The second-order valence-corrected chi connectivity index (χ2v) is 6.58. The van der Waals surface area contributed by atoms with Crippen LogP contribution in [0.2, 0.25) is 0 Å². The maximum absolute atomic E-state index is 12.4. The van der Waals surface area contributed by atoms with Crippen LogP contribution in [0, 0.1) is 29.6 Å². The largest absolute Gasteiger partial charge is 0.465 e. The lowest BCUT2D eigenvalue weighted by Gasteiger charge is -2.10. The molecule has 4 unspecified atom stereocenters. The van der Waals surface area contributed by atoms with Crippen molar-refractivity contribution in [1.82, 2.24) is 0 Å². The summed E-state index contributed by atoms with van der Waals surface area (Å²) in [6.45, 7) is 0. The predicted octanol–water partition coefficient (Wildman–Crippen LogP) is 2.70. The third kappa shape index (κ3) is 1.96. The minimum absolute atomic E-state index is 0.128. The number of carbonyl (C=O) groups excluding carboxylic acids is 2. The van der Waals surface area contributed by atoms with Gasteiger partial charge in [-0.25, -0.2) is 4.79 Å². The van der Waals surface area contributed by atoms with Gasteiger partial charge in [-0.05, 0) is 61.1 Å². The Balaban J connectivity index is 1.45. The van der Waals surface area contributed by atoms with Crippen LogP contribution in [0.15, 0.2) is 24.3 Å². The van der Waals surface area contributed by atoms with Gasteiger partial charge in [-0.15, -0.1) is 0 Å². The van der Waals surface area contributed by atoms with E-state index in [-0.39, 0.29) is 17.8 Å². The molecule has 0 heterocycles. The summed E-state index contributed by atoms with van der Waals surface area (Å²) in [7, 11) is 1.36. The van der Waals surface area contributed by atoms with Gasteiger partial charge in [0.2, 0.25) is 5.91 Å². The van der Waals surface area contributed by atoms with E-state index < -0.39 is 0 Å². The van der Waals surface area contributed by atoms with Gasteiger partial charge in [0.1, 0.15) is 0 Å². The van der Waals surface area contributed by atoms with Crippen LogP contribution in [-0.4, -0.2) is 19.0 Å². The van der Waals surface area contributed by atoms with Crippen LogP contribution in [0.3, 0.4) is 0 Å². The smallest absolute Gasteiger partial charge is 0.337 e. The topological polar surface area (TPSA) is 55.4 Å². The van der Waals surface area contributed by atoms with Gasteiger partial charge in [0, 0.05) is 11.6 Å². The Morgan fingerprint density at radius 3 is 2.57 bits per heavy atom. The first kappa shape index (κ1) is 12.9. The van der Waals surface area contributed by atoms with Crippen molar-refractivity contribution in [3.05, 3.63) is 29.8 Å². The van der Waals surface area contributed by atoms with Crippen molar-refractivity contribution in [2.24, 2.45) is 29.6 Å². The Kier molecular flexibility index (Phi) is 2.81. The number of carbonyl (C=O) groups is 2. The first-order valence-electron chi connectivity index (χ1n) is 7.68. The summed E-state index contributed by atoms with van der Waals surface area (Å²) in [6.07, 6.45) is 3.97. The summed E-state index contributed by atoms with van der Waals surface area (Å²) in [5.74, 6) is 2.79. The number of esters is 1. The molecule has 3 fully saturated rings. The van der Waals surface area contributed by atoms with Crippen molar-refractivity contribution in [2.45, 2.75) is 19.3 Å². The van der Waals surface area contributed by atoms with Crippen LogP contribution in [0.5, 0.6) is 0 Å². The Labute approximate surface area is 123 Å². The van der Waals surface area contributed by atoms with Gasteiger partial charge in [0.15, 0.2) is 0 Å². The lowest BCUT2D eigenvalue weighted by molar-refractivity contribution is -0.118. The molecule has 0 spiro atoms. The Morgan fingerprint density at radius 2 is 1.90 bits per heavy atom. The number of ether oxygens (including phenoxy) is 1. The number of nitrogens with one attached hydrogen (secondary N) is 1. The van der Waals surface area contributed by atoms with Crippen molar-refractivity contribution in [3.63, 3.8) is 0 Å². The minimum atomic E-state index is -0.382. The number of hydrogen-bond acceptors (Lipinski definition) is 3. The van der Waals surface area contributed by atoms with E-state index in [1.165, 1.54) is 26.4 Å². The molecule has 0 aliphatic heterocycles. The number of hydrogen-bond donors (Lipinski definition) is 1. The molecule has 4 atom stereocenters. The van der Waals surface area contributed by atoms with Gasteiger partial charge in [0.05, 0.1) is 12.7 Å². The number of methoxy groups -OCH3 is 1. The van der Waals surface area contributed by atoms with Gasteiger partial charge in [-0.1, -0.05) is 6.07 Å². The van der Waals surface area contributed by atoms with Crippen LogP contribution >= 0.6 is 0 Å². The maximum atomic E-state index is 12.4. The molecule has 3 aliphatic rings. The SMILES string of the molecule is COC(=O)c1cccc(NC(=O)C2C3C4CCC(C4)C23)c1. The summed E-state index contributed by atoms with van der Waals surface area (Å²) >= 11 is 0. The average molecular weight is 285 g/mol. The minimum Gasteiger partial charge on any atom is -0.465 e. The highest BCUT2D eigenvalue weighted by Gasteiger charge is 2.67. The lowest BCUT2D eigenvalue weighted by Crippen LogP contribution is -2.18. The number of anilines is 1. The molecule has 1 N–H and O–H groups in total. The van der Waals surface area contributed by atoms with Gasteiger partial charge in [0.25, 0.3) is 0 Å². The summed E-state index contributed by atoms with van der Waals surface area (Å²) < 4.78 is 4.70. The van der Waals surface area contributed by atoms with Gasteiger partial charge in [-0.3, -0.25) is 4.79 Å². The number of rotatable bonds is 3. The maximum Gasteiger partial charge on any atom is 0.337 e. The van der Waals surface area contributed by atoms with E-state index in [0.717, 1.165) is 11.8 Å². The highest BCUT2D eigenvalue weighted by molar-refractivity contribution is 5.97. The van der Waals surface area contributed by atoms with Crippen molar-refractivity contribution in [3.8, 4) is 0 Å². The Morgan fingerprint density at radius 1 is 1.19 bits per heavy atom. The molecule has 0 aromatic heterocycles. The molecule has 1 aromatic carbocycles. The average Bonchev–Trinajstić information content (AvgIpc) is 2.95. The van der Waals surface area contributed by atoms with Crippen LogP contribution in [0.4, 0.5) is 5.69 Å². The molecule has 4 heteroatoms. The predicted molar refractivity (Wildman–Crippen MR) is 77.7 cm³/mol. The molecule has 21 heavy (non-hydrogen) atoms. The lowest BCUT2D eigenvalue weighted by atomic mass is 10.0. The van der Waals surface area contributed by atoms with Crippen LogP contribution < -0.4 is 5.32 Å². The van der Waals surface area contributed by atoms with Crippen molar-refractivity contribution >= 4 is 17.6 Å². The normalized spacial score (nSPS) is 35.2. The third-order valence-electron chi connectivity index (χ3n) is 5.59. The fraction of sp³-hybridized carbons (Fsp3) is 0.529. The molecule has 4 nitrogen and oxygen atoms in total. The van der Waals surface area contributed by atoms with E-state index in [2.05, 4.69) is 5.32 Å². The molecular weight excluding hydrogens is 266 g/mol. The van der Waals surface area contributed by atoms with E-state index in [0.29, 0.717) is 23.1 Å². The van der Waals surface area contributed by atoms with E-state index in [4.69, 9.17) is 4.74 Å². The number of benzene rings is 1. The second-order valence-electron chi connectivity index (χ2n) is 6.58. The Hall–Kier alpha value is -1.84. The van der Waals surface area contributed by atoms with E-state index >= 15 is 0 Å². The standard InChI is InChI=1S/C17H19NO3/c1-21-17(20)11-3-2-4-12(8-11)18-16(19)15-13-9-5-6-10(7-9)14(13)15/h2-4,8-10,13-15H,5-7H2,1H3,(H,18,19). The molecule has 0 saturated heterocycles. The fourth-order valence-corrected chi connectivity index (χ4v) is 4.74. The van der Waals surface area contributed by atoms with Gasteiger partial charge >= 0.3 is 5.97 Å². The first-order chi connectivity index (χ1) is 10.2. The second kappa shape index (κ2) is 4.58. The molecule has 2 bridgehead atoms. The summed E-state index contributed by atoms with van der Waals surface area (Å²) in [5, 5.41) is 2.97. The fourth-order valence-electron chi connectivity index (χ4n) is 4.74. The molecule has 110 valence electrons. The van der Waals surface area contributed by atoms with Gasteiger partial charge in [-0.2, -0.15) is 0 Å². The quantitative estimate of drug-likeness (QED) is 0.869. The van der Waals surface area contributed by atoms with E-state index in [1.807, 2.05) is 6.07 Å². The summed E-state index contributed by atoms with van der Waals surface area (Å²) in [5.41, 5.74) is 1.14. The van der Waals surface area contributed by atoms with Gasteiger partial charge < -0.3 is 10.1 Å². The van der Waals surface area contributed by atoms with Crippen LogP contribution in [-0.2, 0) is 9.53 Å². The number of fused-ring (bicyclic) bond motifs is 5. The van der Waals surface area contributed by atoms with Crippen LogP contribution in [0.25, 0.3) is 0 Å². The molecular formula is C17H19NO3. The highest BCUT2D eigenvalue weighted by Crippen LogP contribution is 2.69. The number of amides is 1. The zero-order chi connectivity index (χ0) is 14.6. The summed E-state index contributed by atoms with van der Waals surface area (Å²) in [6, 6.07) is 6.94. The third-order valence-corrected chi connectivity index (χ3v) is 5.59.